The van der Waals surface area contributed by atoms with E-state index in [1.165, 1.54) is 22.2 Å². The van der Waals surface area contributed by atoms with Crippen molar-refractivity contribution < 1.29 is 19.5 Å². The predicted molar refractivity (Wildman–Crippen MR) is 131 cm³/mol. The lowest BCUT2D eigenvalue weighted by Gasteiger charge is -2.22. The van der Waals surface area contributed by atoms with Gasteiger partial charge in [-0.2, -0.15) is 0 Å². The van der Waals surface area contributed by atoms with E-state index < -0.39 is 0 Å². The first-order chi connectivity index (χ1) is 16.1. The molecule has 0 saturated heterocycles. The van der Waals surface area contributed by atoms with E-state index in [4.69, 9.17) is 37.4 Å². The molecule has 33 heavy (non-hydrogen) atoms. The zero-order chi connectivity index (χ0) is 22.9. The third-order valence-electron chi connectivity index (χ3n) is 6.19. The summed E-state index contributed by atoms with van der Waals surface area (Å²) in [5.74, 6) is 2.24. The van der Waals surface area contributed by atoms with Gasteiger partial charge in [0.1, 0.15) is 23.9 Å². The summed E-state index contributed by atoms with van der Waals surface area (Å²) in [5, 5.41) is 4.66. The lowest BCUT2D eigenvalue weighted by Crippen LogP contribution is -2.87. The van der Waals surface area contributed by atoms with Gasteiger partial charge in [0.25, 0.3) is 0 Å². The van der Waals surface area contributed by atoms with Crippen LogP contribution >= 0.6 is 23.2 Å². The second-order valence-corrected chi connectivity index (χ2v) is 8.96. The highest BCUT2D eigenvalue weighted by molar-refractivity contribution is 6.35. The van der Waals surface area contributed by atoms with Crippen LogP contribution in [-0.2, 0) is 13.0 Å². The Kier molecular flexibility index (Phi) is 6.11. The molecule has 1 aliphatic heterocycles. The van der Waals surface area contributed by atoms with Crippen LogP contribution in [0.5, 0.6) is 17.2 Å². The van der Waals surface area contributed by atoms with E-state index in [0.29, 0.717) is 22.4 Å². The molecule has 0 aliphatic carbocycles. The van der Waals surface area contributed by atoms with Crippen molar-refractivity contribution in [2.45, 2.75) is 19.1 Å². The van der Waals surface area contributed by atoms with Gasteiger partial charge in [-0.1, -0.05) is 23.2 Å². The van der Waals surface area contributed by atoms with E-state index in [-0.39, 0.29) is 6.04 Å². The van der Waals surface area contributed by atoms with Crippen LogP contribution in [0.1, 0.15) is 28.4 Å². The Morgan fingerprint density at radius 1 is 0.970 bits per heavy atom. The van der Waals surface area contributed by atoms with Gasteiger partial charge in [0.05, 0.1) is 31.5 Å². The summed E-state index contributed by atoms with van der Waals surface area (Å²) in [6.07, 6.45) is 1.01. The number of quaternary nitrogens is 1. The molecule has 0 amide bonds. The first-order valence-corrected chi connectivity index (χ1v) is 11.6. The van der Waals surface area contributed by atoms with Crippen LogP contribution in [0.15, 0.2) is 54.6 Å². The SMILES string of the molecule is COc1ccc2[nH]c3c(c2c1)CC[NH2+][C@H]3c1ccc(OC)c(COc2ccc(Cl)cc2Cl)c1. The Labute approximate surface area is 202 Å². The number of rotatable bonds is 6. The molecule has 4 aromatic rings. The molecule has 7 heteroatoms. The fraction of sp³-hybridized carbons (Fsp3) is 0.231. The number of ether oxygens (including phenoxy) is 3. The summed E-state index contributed by atoms with van der Waals surface area (Å²) in [6.45, 7) is 1.35. The molecule has 0 spiro atoms. The topological polar surface area (TPSA) is 60.1 Å². The van der Waals surface area contributed by atoms with Crippen LogP contribution in [-0.4, -0.2) is 25.7 Å². The Morgan fingerprint density at radius 2 is 1.82 bits per heavy atom. The van der Waals surface area contributed by atoms with Crippen LogP contribution in [0.2, 0.25) is 10.0 Å². The normalized spacial score (nSPS) is 15.3. The molecule has 0 radical (unpaired) electrons. The number of hydrogen-bond donors (Lipinski definition) is 2. The van der Waals surface area contributed by atoms with Gasteiger partial charge in [-0.05, 0) is 60.2 Å². The minimum atomic E-state index is 0.163. The molecule has 5 nitrogen and oxygen atoms in total. The van der Waals surface area contributed by atoms with Crippen molar-refractivity contribution in [1.82, 2.24) is 4.98 Å². The predicted octanol–water partition coefficient (Wildman–Crippen LogP) is 5.28. The largest absolute Gasteiger partial charge is 0.497 e. The number of fused-ring (bicyclic) bond motifs is 3. The number of benzene rings is 3. The summed E-state index contributed by atoms with van der Waals surface area (Å²) in [7, 11) is 3.37. The molecule has 5 rings (SSSR count). The Balaban J connectivity index is 1.48. The van der Waals surface area contributed by atoms with Gasteiger partial charge in [0.2, 0.25) is 0 Å². The van der Waals surface area contributed by atoms with Crippen LogP contribution in [0.4, 0.5) is 0 Å². The number of nitrogens with one attached hydrogen (secondary N) is 1. The number of halogens is 2. The number of nitrogens with two attached hydrogens (primary N) is 1. The molecule has 2 heterocycles. The van der Waals surface area contributed by atoms with Gasteiger partial charge < -0.3 is 24.5 Å². The molecular weight excluding hydrogens is 459 g/mol. The van der Waals surface area contributed by atoms with E-state index in [1.807, 2.05) is 12.1 Å². The van der Waals surface area contributed by atoms with Crippen molar-refractivity contribution in [3.63, 3.8) is 0 Å². The highest BCUT2D eigenvalue weighted by atomic mass is 35.5. The summed E-state index contributed by atoms with van der Waals surface area (Å²) in [6, 6.07) is 17.9. The van der Waals surface area contributed by atoms with Crippen molar-refractivity contribution in [2.75, 3.05) is 20.8 Å². The highest BCUT2D eigenvalue weighted by Gasteiger charge is 2.29. The summed E-state index contributed by atoms with van der Waals surface area (Å²) in [4.78, 5) is 3.66. The second kappa shape index (κ2) is 9.18. The standard InChI is InChI=1S/C26H24Cl2N2O3/c1-31-18-5-6-22-20(13-18)19-9-10-29-25(26(19)30-22)15-3-7-23(32-2)16(11-15)14-33-24-8-4-17(27)12-21(24)28/h3-8,11-13,25,29-30H,9-10,14H2,1-2H3/p+1/t25-/m0/s1. The molecular formula is C26H25Cl2N2O3+. The third-order valence-corrected chi connectivity index (χ3v) is 6.73. The van der Waals surface area contributed by atoms with E-state index in [1.54, 1.807) is 32.4 Å². The minimum absolute atomic E-state index is 0.163. The van der Waals surface area contributed by atoms with Crippen LogP contribution in [0.25, 0.3) is 10.9 Å². The van der Waals surface area contributed by atoms with Gasteiger partial charge in [-0.25, -0.2) is 0 Å². The average molecular weight is 484 g/mol. The number of methoxy groups -OCH3 is 2. The molecule has 1 aliphatic rings. The molecule has 0 bridgehead atoms. The van der Waals surface area contributed by atoms with E-state index >= 15 is 0 Å². The molecule has 0 saturated carbocycles. The van der Waals surface area contributed by atoms with Gasteiger partial charge >= 0.3 is 0 Å². The number of H-pyrrole nitrogens is 1. The summed E-state index contributed by atoms with van der Waals surface area (Å²) < 4.78 is 17.1. The van der Waals surface area contributed by atoms with Crippen molar-refractivity contribution in [3.8, 4) is 17.2 Å². The second-order valence-electron chi connectivity index (χ2n) is 8.12. The van der Waals surface area contributed by atoms with E-state index in [0.717, 1.165) is 35.5 Å². The van der Waals surface area contributed by atoms with Crippen LogP contribution in [0, 0.1) is 0 Å². The number of hydrogen-bond acceptors (Lipinski definition) is 3. The molecule has 3 N–H and O–H groups in total. The molecule has 3 aromatic carbocycles. The first kappa shape index (κ1) is 22.0. The molecule has 1 atom stereocenters. The van der Waals surface area contributed by atoms with Gasteiger partial charge in [0, 0.05) is 33.5 Å². The van der Waals surface area contributed by atoms with Crippen molar-refractivity contribution in [1.29, 1.82) is 0 Å². The van der Waals surface area contributed by atoms with Gasteiger partial charge in [-0.3, -0.25) is 0 Å². The van der Waals surface area contributed by atoms with Crippen LogP contribution < -0.4 is 19.5 Å². The molecule has 1 aromatic heterocycles. The highest BCUT2D eigenvalue weighted by Crippen LogP contribution is 2.35. The van der Waals surface area contributed by atoms with Crippen LogP contribution in [0.3, 0.4) is 0 Å². The fourth-order valence-electron chi connectivity index (χ4n) is 4.58. The quantitative estimate of drug-likeness (QED) is 0.392. The van der Waals surface area contributed by atoms with Gasteiger partial charge in [0.15, 0.2) is 6.04 Å². The Hall–Kier alpha value is -2.86. The lowest BCUT2D eigenvalue weighted by molar-refractivity contribution is -0.690. The van der Waals surface area contributed by atoms with E-state index in [2.05, 4.69) is 34.6 Å². The Bertz CT molecular complexity index is 1320. The molecule has 0 unspecified atom stereocenters. The smallest absolute Gasteiger partial charge is 0.153 e. The van der Waals surface area contributed by atoms with Gasteiger partial charge in [-0.15, -0.1) is 0 Å². The van der Waals surface area contributed by atoms with E-state index in [9.17, 15) is 0 Å². The minimum Gasteiger partial charge on any atom is -0.497 e. The van der Waals surface area contributed by atoms with Crippen molar-refractivity contribution in [3.05, 3.63) is 87.0 Å². The number of aromatic amines is 1. The first-order valence-electron chi connectivity index (χ1n) is 10.8. The maximum absolute atomic E-state index is 6.28. The van der Waals surface area contributed by atoms with Crippen molar-refractivity contribution in [2.24, 2.45) is 0 Å². The number of aromatic nitrogens is 1. The van der Waals surface area contributed by atoms with Crippen molar-refractivity contribution >= 4 is 34.1 Å². The lowest BCUT2D eigenvalue weighted by atomic mass is 9.93. The molecule has 170 valence electrons. The summed E-state index contributed by atoms with van der Waals surface area (Å²) in [5.41, 5.74) is 5.88. The molecule has 0 fully saturated rings. The summed E-state index contributed by atoms with van der Waals surface area (Å²) >= 11 is 12.3. The Morgan fingerprint density at radius 3 is 2.61 bits per heavy atom. The third kappa shape index (κ3) is 4.24. The fourth-order valence-corrected chi connectivity index (χ4v) is 5.04. The maximum atomic E-state index is 6.28. The zero-order valence-corrected chi connectivity index (χ0v) is 20.0. The monoisotopic (exact) mass is 483 g/mol. The maximum Gasteiger partial charge on any atom is 0.153 e. The zero-order valence-electron chi connectivity index (χ0n) is 18.5. The average Bonchev–Trinajstić information content (AvgIpc) is 3.21.